The molecule has 15 heavy (non-hydrogen) atoms. The number of halogens is 1. The van der Waals surface area contributed by atoms with Crippen LogP contribution in [0.3, 0.4) is 0 Å². The summed E-state index contributed by atoms with van der Waals surface area (Å²) in [6.07, 6.45) is 1.70. The summed E-state index contributed by atoms with van der Waals surface area (Å²) >= 11 is 0. The van der Waals surface area contributed by atoms with Gasteiger partial charge in [0.15, 0.2) is 0 Å². The molecular weight excluding hydrogens is 195 g/mol. The molecule has 1 rings (SSSR count). The highest BCUT2D eigenvalue weighted by atomic mass is 19.1. The lowest BCUT2D eigenvalue weighted by Gasteiger charge is -2.05. The predicted octanol–water partition coefficient (Wildman–Crippen LogP) is 2.52. The first kappa shape index (κ1) is 11.4. The summed E-state index contributed by atoms with van der Waals surface area (Å²) in [5, 5.41) is 0. The van der Waals surface area contributed by atoms with Crippen LogP contribution in [0.1, 0.15) is 12.5 Å². The molecule has 3 heteroatoms. The maximum atomic E-state index is 13.4. The smallest absolute Gasteiger partial charge is 0.134 e. The molecule has 1 aromatic rings. The van der Waals surface area contributed by atoms with Crippen LogP contribution in [0.2, 0.25) is 0 Å². The highest BCUT2D eigenvalue weighted by molar-refractivity contribution is 5.78. The molecule has 0 saturated heterocycles. The summed E-state index contributed by atoms with van der Waals surface area (Å²) in [6.45, 7) is 5.26. The van der Waals surface area contributed by atoms with Crippen LogP contribution in [0.25, 0.3) is 0 Å². The van der Waals surface area contributed by atoms with Gasteiger partial charge in [-0.05, 0) is 18.6 Å². The van der Waals surface area contributed by atoms with E-state index >= 15 is 0 Å². The first-order chi connectivity index (χ1) is 7.13. The Balaban J connectivity index is 2.78. The second-order valence-corrected chi connectivity index (χ2v) is 3.23. The number of carbonyl (C=O) groups is 1. The Morgan fingerprint density at radius 1 is 1.60 bits per heavy atom. The second-order valence-electron chi connectivity index (χ2n) is 3.23. The third-order valence-electron chi connectivity index (χ3n) is 1.83. The zero-order valence-electron chi connectivity index (χ0n) is 8.63. The van der Waals surface area contributed by atoms with Gasteiger partial charge in [-0.1, -0.05) is 18.7 Å². The molecule has 0 aliphatic carbocycles. The molecule has 0 spiro atoms. The van der Waals surface area contributed by atoms with Gasteiger partial charge in [-0.25, -0.2) is 4.39 Å². The molecule has 0 atom stereocenters. The second kappa shape index (κ2) is 5.29. The number of hydrogen-bond acceptors (Lipinski definition) is 2. The van der Waals surface area contributed by atoms with Crippen LogP contribution >= 0.6 is 0 Å². The van der Waals surface area contributed by atoms with Gasteiger partial charge >= 0.3 is 0 Å². The van der Waals surface area contributed by atoms with Crippen molar-refractivity contribution >= 4 is 5.78 Å². The van der Waals surface area contributed by atoms with Crippen LogP contribution in [0.4, 0.5) is 4.39 Å². The summed E-state index contributed by atoms with van der Waals surface area (Å²) < 4.78 is 18.5. The number of ether oxygens (including phenoxy) is 1. The fourth-order valence-electron chi connectivity index (χ4n) is 1.18. The SMILES string of the molecule is C=CCOc1ccc(CC(C)=O)c(F)c1. The molecular formula is C12H13FO2. The number of carbonyl (C=O) groups excluding carboxylic acids is 1. The highest BCUT2D eigenvalue weighted by Crippen LogP contribution is 2.17. The van der Waals surface area contributed by atoms with Crippen molar-refractivity contribution in [1.82, 2.24) is 0 Å². The van der Waals surface area contributed by atoms with Gasteiger partial charge in [-0.2, -0.15) is 0 Å². The van der Waals surface area contributed by atoms with Crippen molar-refractivity contribution in [3.05, 3.63) is 42.2 Å². The zero-order chi connectivity index (χ0) is 11.3. The Labute approximate surface area is 88.4 Å². The topological polar surface area (TPSA) is 26.3 Å². The fourth-order valence-corrected chi connectivity index (χ4v) is 1.18. The van der Waals surface area contributed by atoms with E-state index in [4.69, 9.17) is 4.74 Å². The van der Waals surface area contributed by atoms with Crippen LogP contribution in [0.15, 0.2) is 30.9 Å². The summed E-state index contributed by atoms with van der Waals surface area (Å²) in [5.74, 6) is -0.0277. The van der Waals surface area contributed by atoms with E-state index in [1.54, 1.807) is 18.2 Å². The normalized spacial score (nSPS) is 9.73. The van der Waals surface area contributed by atoms with Gasteiger partial charge in [-0.3, -0.25) is 4.79 Å². The average molecular weight is 208 g/mol. The van der Waals surface area contributed by atoms with Crippen molar-refractivity contribution in [2.75, 3.05) is 6.61 Å². The summed E-state index contributed by atoms with van der Waals surface area (Å²) in [6, 6.07) is 4.49. The zero-order valence-corrected chi connectivity index (χ0v) is 8.63. The lowest BCUT2D eigenvalue weighted by molar-refractivity contribution is -0.116. The lowest BCUT2D eigenvalue weighted by atomic mass is 10.1. The van der Waals surface area contributed by atoms with Crippen LogP contribution in [0, 0.1) is 5.82 Å². The Kier molecular flexibility index (Phi) is 4.03. The van der Waals surface area contributed by atoms with Crippen molar-refractivity contribution in [3.63, 3.8) is 0 Å². The molecule has 0 heterocycles. The van der Waals surface area contributed by atoms with Gasteiger partial charge in [-0.15, -0.1) is 0 Å². The molecule has 0 aliphatic heterocycles. The van der Waals surface area contributed by atoms with Crippen molar-refractivity contribution < 1.29 is 13.9 Å². The third kappa shape index (κ3) is 3.54. The lowest BCUT2D eigenvalue weighted by Crippen LogP contribution is -2.00. The highest BCUT2D eigenvalue weighted by Gasteiger charge is 2.06. The van der Waals surface area contributed by atoms with Gasteiger partial charge in [0.1, 0.15) is 24.0 Å². The largest absolute Gasteiger partial charge is 0.489 e. The van der Waals surface area contributed by atoms with E-state index in [2.05, 4.69) is 6.58 Å². The molecule has 0 aliphatic rings. The van der Waals surface area contributed by atoms with E-state index in [0.717, 1.165) is 0 Å². The summed E-state index contributed by atoms with van der Waals surface area (Å²) in [5.41, 5.74) is 0.397. The summed E-state index contributed by atoms with van der Waals surface area (Å²) in [7, 11) is 0. The molecule has 0 bridgehead atoms. The van der Waals surface area contributed by atoms with Crippen LogP contribution in [0.5, 0.6) is 5.75 Å². The molecule has 0 fully saturated rings. The molecule has 2 nitrogen and oxygen atoms in total. The third-order valence-corrected chi connectivity index (χ3v) is 1.83. The van der Waals surface area contributed by atoms with E-state index in [9.17, 15) is 9.18 Å². The number of ketones is 1. The van der Waals surface area contributed by atoms with Crippen molar-refractivity contribution in [2.24, 2.45) is 0 Å². The van der Waals surface area contributed by atoms with Gasteiger partial charge in [0, 0.05) is 12.5 Å². The van der Waals surface area contributed by atoms with Crippen molar-refractivity contribution in [2.45, 2.75) is 13.3 Å². The minimum absolute atomic E-state index is 0.0614. The minimum Gasteiger partial charge on any atom is -0.489 e. The van der Waals surface area contributed by atoms with E-state index in [1.165, 1.54) is 13.0 Å². The van der Waals surface area contributed by atoms with Crippen LogP contribution < -0.4 is 4.74 Å². The Morgan fingerprint density at radius 3 is 2.87 bits per heavy atom. The van der Waals surface area contributed by atoms with Gasteiger partial charge in [0.05, 0.1) is 0 Å². The van der Waals surface area contributed by atoms with Crippen LogP contribution in [-0.4, -0.2) is 12.4 Å². The first-order valence-electron chi connectivity index (χ1n) is 4.65. The molecule has 0 aromatic heterocycles. The quantitative estimate of drug-likeness (QED) is 0.695. The molecule has 80 valence electrons. The molecule has 1 aromatic carbocycles. The Hall–Kier alpha value is -1.64. The van der Waals surface area contributed by atoms with Gasteiger partial charge in [0.2, 0.25) is 0 Å². The van der Waals surface area contributed by atoms with Gasteiger partial charge in [0.25, 0.3) is 0 Å². The number of hydrogen-bond donors (Lipinski definition) is 0. The van der Waals surface area contributed by atoms with Crippen LogP contribution in [-0.2, 0) is 11.2 Å². The fraction of sp³-hybridized carbons (Fsp3) is 0.250. The maximum absolute atomic E-state index is 13.4. The predicted molar refractivity (Wildman–Crippen MR) is 56.5 cm³/mol. The number of Topliss-reactive ketones (excluding diaryl/α,β-unsaturated/α-hetero) is 1. The van der Waals surface area contributed by atoms with E-state index in [1.807, 2.05) is 0 Å². The van der Waals surface area contributed by atoms with Crippen molar-refractivity contribution in [1.29, 1.82) is 0 Å². The monoisotopic (exact) mass is 208 g/mol. The Morgan fingerprint density at radius 2 is 2.33 bits per heavy atom. The van der Waals surface area contributed by atoms with E-state index < -0.39 is 5.82 Å². The average Bonchev–Trinajstić information content (AvgIpc) is 2.18. The molecule has 0 N–H and O–H groups in total. The summed E-state index contributed by atoms with van der Waals surface area (Å²) in [4.78, 5) is 10.8. The Bertz CT molecular complexity index is 372. The number of benzene rings is 1. The number of rotatable bonds is 5. The molecule has 0 radical (unpaired) electrons. The molecule has 0 amide bonds. The van der Waals surface area contributed by atoms with E-state index in [-0.39, 0.29) is 12.2 Å². The minimum atomic E-state index is -0.410. The molecule has 0 unspecified atom stereocenters. The van der Waals surface area contributed by atoms with Crippen molar-refractivity contribution in [3.8, 4) is 5.75 Å². The standard InChI is InChI=1S/C12H13FO2/c1-3-6-15-11-5-4-10(7-9(2)14)12(13)8-11/h3-5,8H,1,6-7H2,2H3. The first-order valence-corrected chi connectivity index (χ1v) is 4.65. The maximum Gasteiger partial charge on any atom is 0.134 e. The van der Waals surface area contributed by atoms with E-state index in [0.29, 0.717) is 17.9 Å². The van der Waals surface area contributed by atoms with Gasteiger partial charge < -0.3 is 4.74 Å². The molecule has 0 saturated carbocycles.